The molecule has 1 aliphatic rings. The number of halogens is 2. The highest BCUT2D eigenvalue weighted by Crippen LogP contribution is 2.21. The van der Waals surface area contributed by atoms with Gasteiger partial charge in [-0.25, -0.2) is 8.78 Å². The molecule has 2 aromatic carbocycles. The first-order chi connectivity index (χ1) is 16.0. The van der Waals surface area contributed by atoms with Crippen LogP contribution in [0.5, 0.6) is 0 Å². The lowest BCUT2D eigenvalue weighted by molar-refractivity contribution is 0.0909. The lowest BCUT2D eigenvalue weighted by Gasteiger charge is -2.32. The van der Waals surface area contributed by atoms with Gasteiger partial charge in [0.1, 0.15) is 11.6 Å². The van der Waals surface area contributed by atoms with Crippen LogP contribution in [-0.2, 0) is 6.54 Å². The molecule has 1 amide bonds. The van der Waals surface area contributed by atoms with Crippen molar-refractivity contribution in [2.24, 2.45) is 0 Å². The highest BCUT2D eigenvalue weighted by Gasteiger charge is 2.22. The van der Waals surface area contributed by atoms with Crippen LogP contribution < -0.4 is 5.32 Å². The molecule has 0 unspecified atom stereocenters. The smallest absolute Gasteiger partial charge is 0.251 e. The van der Waals surface area contributed by atoms with E-state index in [9.17, 15) is 13.6 Å². The maximum absolute atomic E-state index is 13.6. The van der Waals surface area contributed by atoms with Crippen LogP contribution >= 0.6 is 0 Å². The zero-order valence-corrected chi connectivity index (χ0v) is 17.9. The predicted octanol–water partition coefficient (Wildman–Crippen LogP) is 4.07. The van der Waals surface area contributed by atoms with Crippen molar-refractivity contribution in [1.82, 2.24) is 24.8 Å². The molecule has 2 aromatic heterocycles. The molecule has 8 heteroatoms. The van der Waals surface area contributed by atoms with Crippen molar-refractivity contribution in [2.45, 2.75) is 25.4 Å². The number of rotatable bonds is 5. The molecule has 0 aliphatic carbocycles. The molecular weight excluding hydrogens is 424 g/mol. The van der Waals surface area contributed by atoms with Crippen LogP contribution in [-0.4, -0.2) is 44.5 Å². The van der Waals surface area contributed by atoms with E-state index in [4.69, 9.17) is 0 Å². The first-order valence-corrected chi connectivity index (χ1v) is 10.9. The number of nitrogens with zero attached hydrogens (tertiary/aromatic N) is 4. The second-order valence-corrected chi connectivity index (χ2v) is 8.33. The SMILES string of the molecule is O=C(NC1CCN(Cc2ccccc2)CC1)c1ccn2c(-c3cc(F)cc(F)c3)nnc2c1. The topological polar surface area (TPSA) is 62.5 Å². The largest absolute Gasteiger partial charge is 0.349 e. The quantitative estimate of drug-likeness (QED) is 0.501. The molecule has 168 valence electrons. The van der Waals surface area contributed by atoms with Crippen molar-refractivity contribution in [1.29, 1.82) is 0 Å². The van der Waals surface area contributed by atoms with E-state index >= 15 is 0 Å². The summed E-state index contributed by atoms with van der Waals surface area (Å²) < 4.78 is 28.8. The molecule has 0 spiro atoms. The molecule has 33 heavy (non-hydrogen) atoms. The fourth-order valence-electron chi connectivity index (χ4n) is 4.26. The average Bonchev–Trinajstić information content (AvgIpc) is 3.24. The van der Waals surface area contributed by atoms with E-state index in [-0.39, 0.29) is 17.5 Å². The summed E-state index contributed by atoms with van der Waals surface area (Å²) in [5.74, 6) is -1.23. The van der Waals surface area contributed by atoms with Crippen LogP contribution in [0.15, 0.2) is 66.9 Å². The van der Waals surface area contributed by atoms with Crippen LogP contribution in [0.4, 0.5) is 8.78 Å². The Hall–Kier alpha value is -3.65. The number of amides is 1. The van der Waals surface area contributed by atoms with Crippen molar-refractivity contribution < 1.29 is 13.6 Å². The monoisotopic (exact) mass is 447 g/mol. The number of pyridine rings is 1. The lowest BCUT2D eigenvalue weighted by Crippen LogP contribution is -2.44. The minimum absolute atomic E-state index is 0.115. The summed E-state index contributed by atoms with van der Waals surface area (Å²) in [7, 11) is 0. The van der Waals surface area contributed by atoms with Crippen LogP contribution in [0.1, 0.15) is 28.8 Å². The van der Waals surface area contributed by atoms with Crippen molar-refractivity contribution in [2.75, 3.05) is 13.1 Å². The van der Waals surface area contributed by atoms with Crippen LogP contribution in [0.25, 0.3) is 17.0 Å². The number of carbonyl (C=O) groups is 1. The highest BCUT2D eigenvalue weighted by atomic mass is 19.1. The van der Waals surface area contributed by atoms with Crippen molar-refractivity contribution in [3.63, 3.8) is 0 Å². The third-order valence-corrected chi connectivity index (χ3v) is 5.96. The summed E-state index contributed by atoms with van der Waals surface area (Å²) in [6, 6.07) is 17.0. The Morgan fingerprint density at radius 2 is 1.70 bits per heavy atom. The number of aromatic nitrogens is 3. The van der Waals surface area contributed by atoms with Crippen LogP contribution in [0, 0.1) is 11.6 Å². The minimum Gasteiger partial charge on any atom is -0.349 e. The normalized spacial score (nSPS) is 15.1. The number of piperidine rings is 1. The Labute approximate surface area is 189 Å². The Morgan fingerprint density at radius 3 is 2.42 bits per heavy atom. The number of fused-ring (bicyclic) bond motifs is 1. The van der Waals surface area contributed by atoms with Gasteiger partial charge < -0.3 is 5.32 Å². The first kappa shape index (κ1) is 21.2. The van der Waals surface area contributed by atoms with Gasteiger partial charge in [0.05, 0.1) is 0 Å². The number of nitrogens with one attached hydrogen (secondary N) is 1. The maximum atomic E-state index is 13.6. The third kappa shape index (κ3) is 4.75. The van der Waals surface area contributed by atoms with Crippen molar-refractivity contribution in [3.8, 4) is 11.4 Å². The molecule has 3 heterocycles. The Kier molecular flexibility index (Phi) is 5.83. The van der Waals surface area contributed by atoms with E-state index in [1.807, 2.05) is 18.2 Å². The summed E-state index contributed by atoms with van der Waals surface area (Å²) in [6.45, 7) is 2.77. The van der Waals surface area contributed by atoms with Gasteiger partial charge in [-0.1, -0.05) is 30.3 Å². The van der Waals surface area contributed by atoms with Crippen molar-refractivity contribution >= 4 is 11.6 Å². The molecule has 6 nitrogen and oxygen atoms in total. The minimum atomic E-state index is -0.687. The van der Waals surface area contributed by atoms with E-state index in [0.29, 0.717) is 17.0 Å². The molecule has 4 aromatic rings. The maximum Gasteiger partial charge on any atom is 0.251 e. The van der Waals surface area contributed by atoms with E-state index < -0.39 is 11.6 Å². The summed E-state index contributed by atoms with van der Waals surface area (Å²) in [6.07, 6.45) is 3.42. The molecule has 1 saturated heterocycles. The van der Waals surface area contributed by atoms with Crippen molar-refractivity contribution in [3.05, 3.63) is 89.6 Å². The number of benzene rings is 2. The number of hydrogen-bond acceptors (Lipinski definition) is 4. The fourth-order valence-corrected chi connectivity index (χ4v) is 4.26. The first-order valence-electron chi connectivity index (χ1n) is 10.9. The standard InChI is InChI=1S/C25H23F2N5O/c26-20-12-19(13-21(27)15-20)24-30-29-23-14-18(6-11-32(23)24)25(33)28-22-7-9-31(10-8-22)16-17-4-2-1-3-5-17/h1-6,11-15,22H,7-10,16H2,(H,28,33). The molecule has 0 radical (unpaired) electrons. The average molecular weight is 447 g/mol. The van der Waals surface area contributed by atoms with Gasteiger partial charge in [-0.2, -0.15) is 0 Å². The summed E-state index contributed by atoms with van der Waals surface area (Å²) in [4.78, 5) is 15.2. The van der Waals surface area contributed by atoms with Gasteiger partial charge in [0.25, 0.3) is 5.91 Å². The zero-order chi connectivity index (χ0) is 22.8. The highest BCUT2D eigenvalue weighted by molar-refractivity contribution is 5.95. The van der Waals surface area contributed by atoms with Gasteiger partial charge in [-0.15, -0.1) is 10.2 Å². The second kappa shape index (κ2) is 9.07. The fraction of sp³-hybridized carbons (Fsp3) is 0.240. The molecule has 0 bridgehead atoms. The molecule has 1 aliphatic heterocycles. The number of likely N-dealkylation sites (tertiary alicyclic amines) is 1. The molecule has 1 fully saturated rings. The molecule has 5 rings (SSSR count). The van der Waals surface area contributed by atoms with Crippen LogP contribution in [0.3, 0.4) is 0 Å². The van der Waals surface area contributed by atoms with E-state index in [0.717, 1.165) is 38.5 Å². The second-order valence-electron chi connectivity index (χ2n) is 8.33. The zero-order valence-electron chi connectivity index (χ0n) is 17.9. The molecule has 0 saturated carbocycles. The molecule has 1 N–H and O–H groups in total. The van der Waals surface area contributed by atoms with Gasteiger partial charge in [0.15, 0.2) is 11.5 Å². The predicted molar refractivity (Wildman–Crippen MR) is 121 cm³/mol. The van der Waals surface area contributed by atoms with E-state index in [2.05, 4.69) is 32.5 Å². The lowest BCUT2D eigenvalue weighted by atomic mass is 10.0. The molecule has 0 atom stereocenters. The molecular formula is C25H23F2N5O. The Bertz CT molecular complexity index is 1260. The van der Waals surface area contributed by atoms with E-state index in [1.54, 1.807) is 22.7 Å². The van der Waals surface area contributed by atoms with Gasteiger partial charge in [-0.3, -0.25) is 14.1 Å². The van der Waals surface area contributed by atoms with Gasteiger partial charge >= 0.3 is 0 Å². The van der Waals surface area contributed by atoms with Crippen LogP contribution in [0.2, 0.25) is 0 Å². The number of carbonyl (C=O) groups excluding carboxylic acids is 1. The summed E-state index contributed by atoms with van der Waals surface area (Å²) in [5, 5.41) is 11.2. The summed E-state index contributed by atoms with van der Waals surface area (Å²) in [5.41, 5.74) is 2.47. The third-order valence-electron chi connectivity index (χ3n) is 5.96. The Morgan fingerprint density at radius 1 is 0.970 bits per heavy atom. The number of hydrogen-bond donors (Lipinski definition) is 1. The van der Waals surface area contributed by atoms with E-state index in [1.165, 1.54) is 17.7 Å². The van der Waals surface area contributed by atoms with Gasteiger partial charge in [0.2, 0.25) is 0 Å². The van der Waals surface area contributed by atoms with Gasteiger partial charge in [0, 0.05) is 49.1 Å². The Balaban J connectivity index is 1.23. The summed E-state index contributed by atoms with van der Waals surface area (Å²) >= 11 is 0. The van der Waals surface area contributed by atoms with Gasteiger partial charge in [-0.05, 0) is 42.7 Å².